The number of para-hydroxylation sites is 1. The van der Waals surface area contributed by atoms with E-state index >= 15 is 0 Å². The Hall–Kier alpha value is -2.25. The van der Waals surface area contributed by atoms with Crippen molar-refractivity contribution in [1.29, 1.82) is 0 Å². The van der Waals surface area contributed by atoms with Gasteiger partial charge < -0.3 is 5.32 Å². The molecule has 0 aliphatic carbocycles. The summed E-state index contributed by atoms with van der Waals surface area (Å²) in [5.41, 5.74) is 2.88. The number of nitrogens with zero attached hydrogens (tertiary/aromatic N) is 3. The number of thiazole rings is 1. The summed E-state index contributed by atoms with van der Waals surface area (Å²) >= 11 is 1.46. The largest absolute Gasteiger partial charge is 0.354 e. The third-order valence-electron chi connectivity index (χ3n) is 4.16. The van der Waals surface area contributed by atoms with Gasteiger partial charge in [0.15, 0.2) is 5.13 Å². The molecule has 0 bridgehead atoms. The zero-order valence-electron chi connectivity index (χ0n) is 14.5. The number of carbonyl (C=O) groups is 2. The number of rotatable bonds is 5. The van der Waals surface area contributed by atoms with Crippen LogP contribution in [-0.4, -0.2) is 41.3 Å². The average Bonchev–Trinajstić information content (AvgIpc) is 3.03. The molecule has 2 aromatic rings. The molecule has 1 saturated heterocycles. The van der Waals surface area contributed by atoms with Gasteiger partial charge in [-0.15, -0.1) is 11.3 Å². The highest BCUT2D eigenvalue weighted by Gasteiger charge is 2.22. The molecule has 6 nitrogen and oxygen atoms in total. The normalized spacial score (nSPS) is 15.0. The fourth-order valence-electron chi connectivity index (χ4n) is 2.96. The van der Waals surface area contributed by atoms with Crippen molar-refractivity contribution in [2.75, 3.05) is 24.5 Å². The molecule has 0 unspecified atom stereocenters. The van der Waals surface area contributed by atoms with E-state index in [2.05, 4.69) is 22.1 Å². The van der Waals surface area contributed by atoms with Crippen LogP contribution in [0.4, 0.5) is 10.8 Å². The molecule has 1 aromatic heterocycles. The summed E-state index contributed by atoms with van der Waals surface area (Å²) in [6, 6.07) is 7.91. The summed E-state index contributed by atoms with van der Waals surface area (Å²) in [6.45, 7) is 6.12. The molecule has 25 heavy (non-hydrogen) atoms. The lowest BCUT2D eigenvalue weighted by atomic mass is 10.1. The van der Waals surface area contributed by atoms with Gasteiger partial charge in [-0.1, -0.05) is 25.1 Å². The van der Waals surface area contributed by atoms with Gasteiger partial charge in [-0.25, -0.2) is 4.98 Å². The third kappa shape index (κ3) is 4.05. The van der Waals surface area contributed by atoms with Crippen LogP contribution in [0.2, 0.25) is 0 Å². The van der Waals surface area contributed by atoms with Gasteiger partial charge >= 0.3 is 0 Å². The van der Waals surface area contributed by atoms with Crippen molar-refractivity contribution < 1.29 is 9.59 Å². The SMILES string of the molecule is CCc1ccccc1N(C(C)=O)c1nc(CN2CCNC(=O)C2)cs1. The lowest BCUT2D eigenvalue weighted by molar-refractivity contribution is -0.124. The maximum atomic E-state index is 12.3. The minimum Gasteiger partial charge on any atom is -0.354 e. The highest BCUT2D eigenvalue weighted by Crippen LogP contribution is 2.32. The lowest BCUT2D eigenvalue weighted by Crippen LogP contribution is -2.47. The molecule has 0 saturated carbocycles. The van der Waals surface area contributed by atoms with Gasteiger partial charge in [0, 0.05) is 31.9 Å². The molecular formula is C18H22N4O2S. The van der Waals surface area contributed by atoms with Crippen LogP contribution in [0.3, 0.4) is 0 Å². The quantitative estimate of drug-likeness (QED) is 0.891. The lowest BCUT2D eigenvalue weighted by Gasteiger charge is -2.25. The summed E-state index contributed by atoms with van der Waals surface area (Å²) in [4.78, 5) is 32.2. The van der Waals surface area contributed by atoms with E-state index in [0.29, 0.717) is 24.8 Å². The smallest absolute Gasteiger partial charge is 0.234 e. The van der Waals surface area contributed by atoms with Gasteiger partial charge in [-0.2, -0.15) is 0 Å². The van der Waals surface area contributed by atoms with E-state index in [4.69, 9.17) is 0 Å². The van der Waals surface area contributed by atoms with Crippen molar-refractivity contribution in [3.63, 3.8) is 0 Å². The molecule has 3 rings (SSSR count). The van der Waals surface area contributed by atoms with E-state index in [0.717, 1.165) is 29.9 Å². The van der Waals surface area contributed by atoms with E-state index in [1.54, 1.807) is 11.8 Å². The first kappa shape index (κ1) is 17.6. The number of piperazine rings is 1. The van der Waals surface area contributed by atoms with E-state index in [9.17, 15) is 9.59 Å². The van der Waals surface area contributed by atoms with E-state index < -0.39 is 0 Å². The molecule has 0 spiro atoms. The fourth-order valence-corrected chi connectivity index (χ4v) is 3.83. The first-order chi connectivity index (χ1) is 12.1. The summed E-state index contributed by atoms with van der Waals surface area (Å²) in [7, 11) is 0. The number of aromatic nitrogens is 1. The summed E-state index contributed by atoms with van der Waals surface area (Å²) < 4.78 is 0. The molecule has 1 aliphatic rings. The Morgan fingerprint density at radius 1 is 1.40 bits per heavy atom. The first-order valence-corrected chi connectivity index (χ1v) is 9.28. The average molecular weight is 358 g/mol. The van der Waals surface area contributed by atoms with Crippen LogP contribution in [0.1, 0.15) is 25.1 Å². The number of hydrogen-bond acceptors (Lipinski definition) is 5. The number of aryl methyl sites for hydroxylation is 1. The molecule has 7 heteroatoms. The van der Waals surface area contributed by atoms with Crippen LogP contribution in [0.25, 0.3) is 0 Å². The fraction of sp³-hybridized carbons (Fsp3) is 0.389. The monoisotopic (exact) mass is 358 g/mol. The van der Waals surface area contributed by atoms with Gasteiger partial charge in [0.2, 0.25) is 11.8 Å². The third-order valence-corrected chi connectivity index (χ3v) is 5.04. The van der Waals surface area contributed by atoms with Gasteiger partial charge in [-0.05, 0) is 18.1 Å². The number of nitrogens with one attached hydrogen (secondary N) is 1. The van der Waals surface area contributed by atoms with Crippen molar-refractivity contribution in [3.8, 4) is 0 Å². The molecule has 1 fully saturated rings. The molecule has 1 N–H and O–H groups in total. The second-order valence-corrected chi connectivity index (χ2v) is 6.86. The van der Waals surface area contributed by atoms with Crippen molar-refractivity contribution >= 4 is 34.0 Å². The number of carbonyl (C=O) groups excluding carboxylic acids is 2. The Bertz CT molecular complexity index is 774. The zero-order chi connectivity index (χ0) is 17.8. The Labute approximate surface area is 151 Å². The molecule has 2 heterocycles. The minimum atomic E-state index is -0.0563. The predicted molar refractivity (Wildman–Crippen MR) is 99.0 cm³/mol. The van der Waals surface area contributed by atoms with Crippen LogP contribution < -0.4 is 10.2 Å². The minimum absolute atomic E-state index is 0.0453. The molecule has 0 atom stereocenters. The van der Waals surface area contributed by atoms with Gasteiger partial charge in [0.05, 0.1) is 17.9 Å². The van der Waals surface area contributed by atoms with Crippen LogP contribution in [0.15, 0.2) is 29.6 Å². The molecule has 2 amide bonds. The van der Waals surface area contributed by atoms with E-state index in [1.807, 2.05) is 29.6 Å². The Kier molecular flexibility index (Phi) is 5.45. The van der Waals surface area contributed by atoms with E-state index in [-0.39, 0.29) is 11.8 Å². The molecule has 1 aliphatic heterocycles. The van der Waals surface area contributed by atoms with Crippen LogP contribution >= 0.6 is 11.3 Å². The molecule has 132 valence electrons. The van der Waals surface area contributed by atoms with Gasteiger partial charge in [-0.3, -0.25) is 19.4 Å². The topological polar surface area (TPSA) is 65.5 Å². The summed E-state index contributed by atoms with van der Waals surface area (Å²) in [5.74, 6) is -0.0110. The van der Waals surface area contributed by atoms with Crippen molar-refractivity contribution in [2.24, 2.45) is 0 Å². The highest BCUT2D eigenvalue weighted by atomic mass is 32.1. The standard InChI is InChI=1S/C18H22N4O2S/c1-3-14-6-4-5-7-16(14)22(13(2)23)18-20-15(12-25-18)10-21-9-8-19-17(24)11-21/h4-7,12H,3,8-11H2,1-2H3,(H,19,24). The van der Waals surface area contributed by atoms with Gasteiger partial charge in [0.25, 0.3) is 0 Å². The van der Waals surface area contributed by atoms with Crippen LogP contribution in [-0.2, 0) is 22.6 Å². The molecular weight excluding hydrogens is 336 g/mol. The maximum Gasteiger partial charge on any atom is 0.234 e. The Morgan fingerprint density at radius 2 is 2.20 bits per heavy atom. The Morgan fingerprint density at radius 3 is 2.92 bits per heavy atom. The zero-order valence-corrected chi connectivity index (χ0v) is 15.3. The second-order valence-electron chi connectivity index (χ2n) is 6.02. The predicted octanol–water partition coefficient (Wildman–Crippen LogP) is 2.32. The number of hydrogen-bond donors (Lipinski definition) is 1. The number of benzene rings is 1. The van der Waals surface area contributed by atoms with Crippen LogP contribution in [0.5, 0.6) is 0 Å². The van der Waals surface area contributed by atoms with Crippen molar-refractivity contribution in [3.05, 3.63) is 40.9 Å². The van der Waals surface area contributed by atoms with Crippen LogP contribution in [0, 0.1) is 0 Å². The Balaban J connectivity index is 1.83. The first-order valence-electron chi connectivity index (χ1n) is 8.40. The van der Waals surface area contributed by atoms with Crippen molar-refractivity contribution in [2.45, 2.75) is 26.8 Å². The summed E-state index contributed by atoms with van der Waals surface area (Å²) in [5, 5.41) is 5.45. The molecule has 0 radical (unpaired) electrons. The number of amides is 2. The molecule has 1 aromatic carbocycles. The maximum absolute atomic E-state index is 12.3. The summed E-state index contributed by atoms with van der Waals surface area (Å²) in [6.07, 6.45) is 0.848. The van der Waals surface area contributed by atoms with E-state index in [1.165, 1.54) is 11.3 Å². The van der Waals surface area contributed by atoms with Crippen molar-refractivity contribution in [1.82, 2.24) is 15.2 Å². The van der Waals surface area contributed by atoms with Gasteiger partial charge in [0.1, 0.15) is 0 Å². The second kappa shape index (κ2) is 7.76. The number of anilines is 2. The highest BCUT2D eigenvalue weighted by molar-refractivity contribution is 7.14.